The monoisotopic (exact) mass is 304 g/mol. The predicted octanol–water partition coefficient (Wildman–Crippen LogP) is 3.07. The number of thiazole rings is 1. The van der Waals surface area contributed by atoms with Crippen LogP contribution >= 0.6 is 23.1 Å². The highest BCUT2D eigenvalue weighted by Gasteiger charge is 2.12. The smallest absolute Gasteiger partial charge is 0.216 e. The van der Waals surface area contributed by atoms with Gasteiger partial charge in [0.2, 0.25) is 4.96 Å². The number of rotatable bonds is 5. The van der Waals surface area contributed by atoms with Crippen molar-refractivity contribution < 1.29 is 0 Å². The van der Waals surface area contributed by atoms with Gasteiger partial charge in [0.15, 0.2) is 0 Å². The van der Waals surface area contributed by atoms with E-state index in [0.29, 0.717) is 6.54 Å². The maximum atomic E-state index is 5.64. The van der Waals surface area contributed by atoms with E-state index >= 15 is 0 Å². The van der Waals surface area contributed by atoms with Crippen LogP contribution in [0.3, 0.4) is 0 Å². The number of benzene rings is 1. The predicted molar refractivity (Wildman–Crippen MR) is 85.5 cm³/mol. The van der Waals surface area contributed by atoms with Gasteiger partial charge in [-0.2, -0.15) is 0 Å². The number of hydrogen-bond donors (Lipinski definition) is 1. The molecule has 0 fully saturated rings. The zero-order valence-electron chi connectivity index (χ0n) is 11.2. The van der Waals surface area contributed by atoms with Gasteiger partial charge in [-0.25, -0.2) is 0 Å². The van der Waals surface area contributed by atoms with Crippen LogP contribution in [0, 0.1) is 0 Å². The fourth-order valence-electron chi connectivity index (χ4n) is 2.16. The Morgan fingerprint density at radius 1 is 1.25 bits per heavy atom. The van der Waals surface area contributed by atoms with Gasteiger partial charge < -0.3 is 5.73 Å². The van der Waals surface area contributed by atoms with Crippen molar-refractivity contribution in [2.45, 2.75) is 18.2 Å². The van der Waals surface area contributed by atoms with Crippen LogP contribution in [0.4, 0.5) is 0 Å². The largest absolute Gasteiger partial charge is 0.330 e. The summed E-state index contributed by atoms with van der Waals surface area (Å²) in [4.78, 5) is 2.23. The summed E-state index contributed by atoms with van der Waals surface area (Å²) in [6.07, 6.45) is 0.745. The molecule has 104 valence electrons. The van der Waals surface area contributed by atoms with E-state index in [1.165, 1.54) is 10.5 Å². The van der Waals surface area contributed by atoms with Crippen molar-refractivity contribution in [1.82, 2.24) is 14.6 Å². The normalized spacial score (nSPS) is 11.3. The Bertz CT molecular complexity index is 700. The average molecular weight is 304 g/mol. The first-order valence-corrected chi connectivity index (χ1v) is 8.44. The molecule has 0 amide bonds. The Kier molecular flexibility index (Phi) is 4.05. The minimum absolute atomic E-state index is 0.585. The van der Waals surface area contributed by atoms with Crippen LogP contribution in [0.1, 0.15) is 12.7 Å². The molecule has 2 heterocycles. The molecule has 0 saturated heterocycles. The second-order valence-corrected chi connectivity index (χ2v) is 6.53. The first-order chi connectivity index (χ1) is 9.83. The van der Waals surface area contributed by atoms with Crippen molar-refractivity contribution in [2.24, 2.45) is 5.73 Å². The molecular formula is C14H16N4S2. The summed E-state index contributed by atoms with van der Waals surface area (Å²) in [6.45, 7) is 2.75. The maximum Gasteiger partial charge on any atom is 0.216 e. The lowest BCUT2D eigenvalue weighted by Gasteiger charge is -2.04. The molecule has 0 atom stereocenters. The fraction of sp³-hybridized carbons (Fsp3) is 0.286. The van der Waals surface area contributed by atoms with Crippen molar-refractivity contribution in [1.29, 1.82) is 0 Å². The lowest BCUT2D eigenvalue weighted by atomic mass is 10.2. The molecule has 1 aromatic carbocycles. The molecule has 0 aliphatic rings. The van der Waals surface area contributed by atoms with E-state index in [0.717, 1.165) is 28.7 Å². The second-order valence-electron chi connectivity index (χ2n) is 4.35. The summed E-state index contributed by atoms with van der Waals surface area (Å²) < 4.78 is 2.11. The molecule has 4 nitrogen and oxygen atoms in total. The molecule has 2 N–H and O–H groups in total. The Balaban J connectivity index is 2.02. The van der Waals surface area contributed by atoms with Gasteiger partial charge in [0.1, 0.15) is 5.82 Å². The summed E-state index contributed by atoms with van der Waals surface area (Å²) in [5.74, 6) is 2.03. The van der Waals surface area contributed by atoms with E-state index in [4.69, 9.17) is 5.73 Å². The van der Waals surface area contributed by atoms with Crippen LogP contribution in [0.25, 0.3) is 16.2 Å². The van der Waals surface area contributed by atoms with E-state index in [1.807, 2.05) is 11.8 Å². The minimum Gasteiger partial charge on any atom is -0.330 e. The van der Waals surface area contributed by atoms with Crippen LogP contribution in [0.15, 0.2) is 34.5 Å². The van der Waals surface area contributed by atoms with Gasteiger partial charge in [0.05, 0.1) is 5.69 Å². The fourth-order valence-corrected chi connectivity index (χ4v) is 3.67. The third-order valence-corrected chi connectivity index (χ3v) is 4.76. The molecule has 6 heteroatoms. The molecule has 0 aliphatic carbocycles. The molecule has 0 radical (unpaired) electrons. The van der Waals surface area contributed by atoms with Gasteiger partial charge in [-0.3, -0.25) is 4.40 Å². The number of aromatic nitrogens is 3. The van der Waals surface area contributed by atoms with Crippen molar-refractivity contribution in [3.8, 4) is 11.3 Å². The van der Waals surface area contributed by atoms with Crippen LogP contribution in [0.2, 0.25) is 0 Å². The van der Waals surface area contributed by atoms with Crippen molar-refractivity contribution in [2.75, 3.05) is 12.3 Å². The quantitative estimate of drug-likeness (QED) is 0.736. The van der Waals surface area contributed by atoms with E-state index in [2.05, 4.69) is 51.2 Å². The van der Waals surface area contributed by atoms with Gasteiger partial charge >= 0.3 is 0 Å². The van der Waals surface area contributed by atoms with E-state index in [-0.39, 0.29) is 0 Å². The molecular weight excluding hydrogens is 288 g/mol. The average Bonchev–Trinajstić information content (AvgIpc) is 3.04. The van der Waals surface area contributed by atoms with Gasteiger partial charge in [-0.15, -0.1) is 33.3 Å². The number of fused-ring (bicyclic) bond motifs is 1. The first-order valence-electron chi connectivity index (χ1n) is 6.58. The van der Waals surface area contributed by atoms with Gasteiger partial charge in [-0.1, -0.05) is 19.1 Å². The maximum absolute atomic E-state index is 5.64. The molecule has 3 rings (SSSR count). The summed E-state index contributed by atoms with van der Waals surface area (Å²) in [5, 5.41) is 10.6. The SMILES string of the molecule is CCSc1ccc(-c2csc3nnc(CCN)n23)cc1. The topological polar surface area (TPSA) is 56.2 Å². The van der Waals surface area contributed by atoms with Crippen molar-refractivity contribution >= 4 is 28.1 Å². The third kappa shape index (κ3) is 2.46. The molecule has 0 unspecified atom stereocenters. The molecule has 0 bridgehead atoms. The third-order valence-electron chi connectivity index (χ3n) is 3.05. The number of hydrogen-bond acceptors (Lipinski definition) is 5. The Morgan fingerprint density at radius 3 is 2.75 bits per heavy atom. The molecule has 2 aromatic heterocycles. The first kappa shape index (κ1) is 13.6. The lowest BCUT2D eigenvalue weighted by molar-refractivity contribution is 0.851. The van der Waals surface area contributed by atoms with E-state index in [9.17, 15) is 0 Å². The lowest BCUT2D eigenvalue weighted by Crippen LogP contribution is -2.06. The van der Waals surface area contributed by atoms with Crippen LogP contribution in [0.5, 0.6) is 0 Å². The molecule has 0 saturated carbocycles. The van der Waals surface area contributed by atoms with Gasteiger partial charge in [-0.05, 0) is 30.0 Å². The summed E-state index contributed by atoms with van der Waals surface area (Å²) in [5.41, 5.74) is 7.98. The van der Waals surface area contributed by atoms with E-state index < -0.39 is 0 Å². The van der Waals surface area contributed by atoms with Crippen LogP contribution in [-0.4, -0.2) is 26.9 Å². The van der Waals surface area contributed by atoms with E-state index in [1.54, 1.807) is 11.3 Å². The summed E-state index contributed by atoms with van der Waals surface area (Å²) in [7, 11) is 0. The zero-order chi connectivity index (χ0) is 13.9. The zero-order valence-corrected chi connectivity index (χ0v) is 12.9. The Labute approximate surface area is 126 Å². The highest BCUT2D eigenvalue weighted by Crippen LogP contribution is 2.28. The van der Waals surface area contributed by atoms with Crippen molar-refractivity contribution in [3.05, 3.63) is 35.5 Å². The van der Waals surface area contributed by atoms with Crippen molar-refractivity contribution in [3.63, 3.8) is 0 Å². The van der Waals surface area contributed by atoms with Crippen LogP contribution in [-0.2, 0) is 6.42 Å². The number of nitrogens with two attached hydrogens (primary N) is 1. The molecule has 0 spiro atoms. The van der Waals surface area contributed by atoms with Crippen LogP contribution < -0.4 is 5.73 Å². The highest BCUT2D eigenvalue weighted by atomic mass is 32.2. The Hall–Kier alpha value is -1.37. The standard InChI is InChI=1S/C14H16N4S2/c1-2-19-11-5-3-10(4-6-11)12-9-20-14-17-16-13(7-8-15)18(12)14/h3-6,9H,2,7-8,15H2,1H3. The number of nitrogens with zero attached hydrogens (tertiary/aromatic N) is 3. The Morgan fingerprint density at radius 2 is 2.05 bits per heavy atom. The second kappa shape index (κ2) is 5.95. The summed E-state index contributed by atoms with van der Waals surface area (Å²) >= 11 is 3.47. The number of thioether (sulfide) groups is 1. The van der Waals surface area contributed by atoms with Gasteiger partial charge in [0.25, 0.3) is 0 Å². The molecule has 20 heavy (non-hydrogen) atoms. The molecule has 0 aliphatic heterocycles. The minimum atomic E-state index is 0.585. The summed E-state index contributed by atoms with van der Waals surface area (Å²) in [6, 6.07) is 8.65. The highest BCUT2D eigenvalue weighted by molar-refractivity contribution is 7.99. The van der Waals surface area contributed by atoms with Gasteiger partial charge in [0, 0.05) is 16.7 Å². The molecule has 3 aromatic rings.